The number of anilines is 3. The van der Waals surface area contributed by atoms with E-state index >= 15 is 0 Å². The van der Waals surface area contributed by atoms with Crippen molar-refractivity contribution in [2.75, 3.05) is 34.8 Å². The molecule has 0 bridgehead atoms. The molecule has 1 aromatic heterocycles. The van der Waals surface area contributed by atoms with Crippen LogP contribution >= 0.6 is 12.2 Å². The minimum Gasteiger partial charge on any atom is -0.360 e. The van der Waals surface area contributed by atoms with E-state index in [9.17, 15) is 0 Å². The molecule has 3 aliphatic rings. The first-order valence-corrected chi connectivity index (χ1v) is 13.1. The molecule has 2 saturated heterocycles. The van der Waals surface area contributed by atoms with Crippen LogP contribution in [0.5, 0.6) is 0 Å². The van der Waals surface area contributed by atoms with Gasteiger partial charge in [-0.2, -0.15) is 9.97 Å². The fourth-order valence-corrected chi connectivity index (χ4v) is 5.53. The van der Waals surface area contributed by atoms with Gasteiger partial charge in [0, 0.05) is 37.8 Å². The van der Waals surface area contributed by atoms with Crippen LogP contribution in [0.4, 0.5) is 17.6 Å². The van der Waals surface area contributed by atoms with Gasteiger partial charge in [-0.3, -0.25) is 0 Å². The lowest BCUT2D eigenvalue weighted by molar-refractivity contribution is 0.481. The number of rotatable bonds is 4. The summed E-state index contributed by atoms with van der Waals surface area (Å²) in [5, 5.41) is 7.55. The van der Waals surface area contributed by atoms with Gasteiger partial charge in [-0.15, -0.1) is 0 Å². The average molecular weight is 445 g/mol. The first kappa shape index (κ1) is 22.6. The van der Waals surface area contributed by atoms with E-state index in [-0.39, 0.29) is 0 Å². The van der Waals surface area contributed by atoms with Crippen LogP contribution in [0.2, 0.25) is 0 Å². The molecule has 1 aliphatic carbocycles. The largest absolute Gasteiger partial charge is 0.360 e. The SMILES string of the molecule is C[C@@H]1CCCCN1c1cc(N2CCCCCC2)nc(NC(=S)NC2CCCCCC2)n1. The quantitative estimate of drug-likeness (QED) is 0.486. The van der Waals surface area contributed by atoms with Crippen molar-refractivity contribution in [1.29, 1.82) is 0 Å². The molecular formula is C24H40N6S. The average Bonchev–Trinajstić information content (AvgIpc) is 3.19. The number of hydrogen-bond donors (Lipinski definition) is 2. The van der Waals surface area contributed by atoms with Crippen molar-refractivity contribution in [3.05, 3.63) is 6.07 Å². The van der Waals surface area contributed by atoms with Crippen molar-refractivity contribution < 1.29 is 0 Å². The first-order chi connectivity index (χ1) is 15.2. The number of piperidine rings is 1. The van der Waals surface area contributed by atoms with Gasteiger partial charge in [0.2, 0.25) is 5.95 Å². The second kappa shape index (κ2) is 11.3. The lowest BCUT2D eigenvalue weighted by atomic mass is 10.0. The van der Waals surface area contributed by atoms with Gasteiger partial charge in [-0.1, -0.05) is 38.5 Å². The predicted molar refractivity (Wildman–Crippen MR) is 134 cm³/mol. The maximum Gasteiger partial charge on any atom is 0.232 e. The van der Waals surface area contributed by atoms with E-state index in [1.54, 1.807) is 0 Å². The molecule has 0 spiro atoms. The van der Waals surface area contributed by atoms with Crippen LogP contribution < -0.4 is 20.4 Å². The third-order valence-corrected chi connectivity index (χ3v) is 7.36. The molecular weight excluding hydrogens is 404 g/mol. The summed E-state index contributed by atoms with van der Waals surface area (Å²) in [6.07, 6.45) is 16.6. The predicted octanol–water partition coefficient (Wildman–Crippen LogP) is 5.25. The van der Waals surface area contributed by atoms with Crippen molar-refractivity contribution in [3.8, 4) is 0 Å². The van der Waals surface area contributed by atoms with Gasteiger partial charge < -0.3 is 20.4 Å². The zero-order valence-corrected chi connectivity index (χ0v) is 20.1. The monoisotopic (exact) mass is 444 g/mol. The molecule has 1 saturated carbocycles. The summed E-state index contributed by atoms with van der Waals surface area (Å²) in [5.41, 5.74) is 0. The minimum absolute atomic E-state index is 0.470. The van der Waals surface area contributed by atoms with Crippen LogP contribution in [0.3, 0.4) is 0 Å². The molecule has 0 amide bonds. The summed E-state index contributed by atoms with van der Waals surface area (Å²) in [5.74, 6) is 2.73. The molecule has 4 rings (SSSR count). The van der Waals surface area contributed by atoms with E-state index in [0.717, 1.165) is 31.3 Å². The maximum atomic E-state index is 5.68. The summed E-state index contributed by atoms with van der Waals surface area (Å²) in [7, 11) is 0. The van der Waals surface area contributed by atoms with Crippen LogP contribution in [0.15, 0.2) is 6.07 Å². The van der Waals surface area contributed by atoms with E-state index in [0.29, 0.717) is 23.1 Å². The van der Waals surface area contributed by atoms with Crippen molar-refractivity contribution >= 4 is 34.9 Å². The van der Waals surface area contributed by atoms with Crippen LogP contribution in [-0.2, 0) is 0 Å². The molecule has 0 unspecified atom stereocenters. The van der Waals surface area contributed by atoms with E-state index in [1.807, 2.05) is 0 Å². The topological polar surface area (TPSA) is 56.3 Å². The summed E-state index contributed by atoms with van der Waals surface area (Å²) in [6, 6.07) is 3.20. The Balaban J connectivity index is 1.52. The number of hydrogen-bond acceptors (Lipinski definition) is 5. The standard InChI is InChI=1S/C24H40N6S/c1-19-12-8-11-17-30(19)22-18-21(29-15-9-4-5-10-16-29)26-23(27-22)28-24(31)25-20-13-6-2-3-7-14-20/h18-20H,2-17H2,1H3,(H2,25,26,27,28,31)/t19-/m1/s1. The normalized spacial score (nSPS) is 23.7. The van der Waals surface area contributed by atoms with E-state index in [4.69, 9.17) is 22.2 Å². The highest BCUT2D eigenvalue weighted by Crippen LogP contribution is 2.28. The molecule has 3 fully saturated rings. The summed E-state index contributed by atoms with van der Waals surface area (Å²) >= 11 is 5.68. The number of thiocarbonyl (C=S) groups is 1. The molecule has 0 radical (unpaired) electrons. The van der Waals surface area contributed by atoms with E-state index in [1.165, 1.54) is 83.5 Å². The minimum atomic E-state index is 0.470. The fourth-order valence-electron chi connectivity index (χ4n) is 5.27. The Labute approximate surface area is 193 Å². The Morgan fingerprint density at radius 2 is 1.45 bits per heavy atom. The highest BCUT2D eigenvalue weighted by Gasteiger charge is 2.23. The van der Waals surface area contributed by atoms with Crippen LogP contribution in [-0.4, -0.2) is 46.8 Å². The Bertz CT molecular complexity index is 710. The zero-order chi connectivity index (χ0) is 21.5. The van der Waals surface area contributed by atoms with Gasteiger partial charge in [-0.25, -0.2) is 0 Å². The second-order valence-corrected chi connectivity index (χ2v) is 10.0. The summed E-state index contributed by atoms with van der Waals surface area (Å²) in [6.45, 7) is 5.55. The molecule has 7 heteroatoms. The van der Waals surface area contributed by atoms with E-state index in [2.05, 4.69) is 33.4 Å². The number of nitrogens with zero attached hydrogens (tertiary/aromatic N) is 4. The molecule has 2 N–H and O–H groups in total. The summed E-state index contributed by atoms with van der Waals surface area (Å²) < 4.78 is 0. The Morgan fingerprint density at radius 3 is 2.16 bits per heavy atom. The fraction of sp³-hybridized carbons (Fsp3) is 0.792. The van der Waals surface area contributed by atoms with Gasteiger partial charge in [-0.05, 0) is 64.1 Å². The second-order valence-electron chi connectivity index (χ2n) is 9.63. The van der Waals surface area contributed by atoms with Crippen LogP contribution in [0.1, 0.15) is 90.4 Å². The third kappa shape index (κ3) is 6.43. The Kier molecular flexibility index (Phi) is 8.22. The van der Waals surface area contributed by atoms with Crippen LogP contribution in [0.25, 0.3) is 0 Å². The first-order valence-electron chi connectivity index (χ1n) is 12.7. The highest BCUT2D eigenvalue weighted by atomic mass is 32.1. The number of aromatic nitrogens is 2. The van der Waals surface area contributed by atoms with Gasteiger partial charge in [0.1, 0.15) is 11.6 Å². The molecule has 3 heterocycles. The van der Waals surface area contributed by atoms with Crippen molar-refractivity contribution in [3.63, 3.8) is 0 Å². The van der Waals surface area contributed by atoms with Gasteiger partial charge in [0.15, 0.2) is 5.11 Å². The third-order valence-electron chi connectivity index (χ3n) is 7.14. The lowest BCUT2D eigenvalue weighted by Crippen LogP contribution is -2.39. The van der Waals surface area contributed by atoms with Gasteiger partial charge >= 0.3 is 0 Å². The lowest BCUT2D eigenvalue weighted by Gasteiger charge is -2.35. The smallest absolute Gasteiger partial charge is 0.232 e. The molecule has 6 nitrogen and oxygen atoms in total. The molecule has 2 aliphatic heterocycles. The van der Waals surface area contributed by atoms with Gasteiger partial charge in [0.25, 0.3) is 0 Å². The Hall–Kier alpha value is -1.63. The van der Waals surface area contributed by atoms with E-state index < -0.39 is 0 Å². The molecule has 1 aromatic rings. The van der Waals surface area contributed by atoms with Crippen LogP contribution in [0, 0.1) is 0 Å². The maximum absolute atomic E-state index is 5.68. The Morgan fingerprint density at radius 1 is 0.839 bits per heavy atom. The van der Waals surface area contributed by atoms with Gasteiger partial charge in [0.05, 0.1) is 0 Å². The molecule has 0 aromatic carbocycles. The van der Waals surface area contributed by atoms with Crippen molar-refractivity contribution in [2.24, 2.45) is 0 Å². The molecule has 1 atom stereocenters. The van der Waals surface area contributed by atoms with Crippen molar-refractivity contribution in [2.45, 2.75) is 102 Å². The molecule has 172 valence electrons. The summed E-state index contributed by atoms with van der Waals surface area (Å²) in [4.78, 5) is 14.7. The van der Waals surface area contributed by atoms with Crippen molar-refractivity contribution in [1.82, 2.24) is 15.3 Å². The molecule has 31 heavy (non-hydrogen) atoms. The zero-order valence-electron chi connectivity index (χ0n) is 19.2. The number of nitrogens with one attached hydrogen (secondary N) is 2. The highest BCUT2D eigenvalue weighted by molar-refractivity contribution is 7.80.